The summed E-state index contributed by atoms with van der Waals surface area (Å²) in [6.07, 6.45) is 0.301. The summed E-state index contributed by atoms with van der Waals surface area (Å²) in [5, 5.41) is 8.89. The largest absolute Gasteiger partial charge is 0.480 e. The van der Waals surface area contributed by atoms with E-state index in [-0.39, 0.29) is 19.0 Å². The predicted molar refractivity (Wildman–Crippen MR) is 57.6 cm³/mol. The van der Waals surface area contributed by atoms with Gasteiger partial charge >= 0.3 is 5.97 Å². The Bertz CT molecular complexity index is 346. The van der Waals surface area contributed by atoms with Gasteiger partial charge in [0, 0.05) is 20.0 Å². The summed E-state index contributed by atoms with van der Waals surface area (Å²) >= 11 is 0. The fourth-order valence-electron chi connectivity index (χ4n) is 1.62. The van der Waals surface area contributed by atoms with Crippen molar-refractivity contribution < 1.29 is 19.5 Å². The highest BCUT2D eigenvalue weighted by atomic mass is 16.4. The highest BCUT2D eigenvalue weighted by Crippen LogP contribution is 2.18. The molecular formula is C9H16N4O4. The molecule has 1 rings (SSSR count). The van der Waals surface area contributed by atoms with Crippen LogP contribution in [-0.4, -0.2) is 53.0 Å². The van der Waals surface area contributed by atoms with Crippen LogP contribution >= 0.6 is 0 Å². The Morgan fingerprint density at radius 1 is 1.41 bits per heavy atom. The van der Waals surface area contributed by atoms with Gasteiger partial charge in [-0.2, -0.15) is 0 Å². The first-order chi connectivity index (χ1) is 7.83. The zero-order valence-corrected chi connectivity index (χ0v) is 9.52. The van der Waals surface area contributed by atoms with Crippen LogP contribution in [0.5, 0.6) is 0 Å². The lowest BCUT2D eigenvalue weighted by Crippen LogP contribution is -2.51. The Morgan fingerprint density at radius 2 is 2.06 bits per heavy atom. The second-order valence-electron chi connectivity index (χ2n) is 4.15. The van der Waals surface area contributed by atoms with Crippen LogP contribution in [0.3, 0.4) is 0 Å². The lowest BCUT2D eigenvalue weighted by Gasteiger charge is -2.19. The number of carboxylic acid groups (broad SMARTS) is 1. The molecule has 2 amide bonds. The van der Waals surface area contributed by atoms with E-state index >= 15 is 0 Å². The van der Waals surface area contributed by atoms with Crippen molar-refractivity contribution in [2.45, 2.75) is 18.9 Å². The van der Waals surface area contributed by atoms with Crippen LogP contribution in [0.1, 0.15) is 13.3 Å². The van der Waals surface area contributed by atoms with E-state index in [1.165, 1.54) is 6.92 Å². The molecule has 1 atom stereocenters. The smallest absolute Gasteiger partial charge is 0.325 e. The van der Waals surface area contributed by atoms with Crippen LogP contribution in [0.4, 0.5) is 0 Å². The number of carbonyl (C=O) groups excluding carboxylic acids is 2. The molecule has 1 aliphatic rings. The van der Waals surface area contributed by atoms with Crippen molar-refractivity contribution in [1.82, 2.24) is 15.8 Å². The van der Waals surface area contributed by atoms with Gasteiger partial charge in [0.25, 0.3) is 5.91 Å². The molecule has 0 aromatic heterocycles. The number of carboxylic acids is 1. The van der Waals surface area contributed by atoms with Crippen molar-refractivity contribution in [3.63, 3.8) is 0 Å². The molecule has 8 heteroatoms. The second kappa shape index (κ2) is 5.11. The molecule has 0 aromatic carbocycles. The molecule has 1 unspecified atom stereocenters. The van der Waals surface area contributed by atoms with Crippen molar-refractivity contribution in [2.24, 2.45) is 5.73 Å². The maximum absolute atomic E-state index is 11.3. The van der Waals surface area contributed by atoms with Gasteiger partial charge in [0.05, 0.1) is 6.54 Å². The molecule has 0 saturated carbocycles. The summed E-state index contributed by atoms with van der Waals surface area (Å²) in [7, 11) is 0. The molecule has 1 fully saturated rings. The summed E-state index contributed by atoms with van der Waals surface area (Å²) in [5.41, 5.74) is 8.71. The van der Waals surface area contributed by atoms with Gasteiger partial charge in [0.2, 0.25) is 5.91 Å². The summed E-state index contributed by atoms with van der Waals surface area (Å²) in [6.45, 7) is 1.84. The molecule has 1 heterocycles. The third-order valence-electron chi connectivity index (χ3n) is 2.55. The number of likely N-dealkylation sites (tertiary alicyclic amines) is 1. The number of aliphatic carboxylic acids is 1. The molecule has 5 N–H and O–H groups in total. The average molecular weight is 244 g/mol. The third kappa shape index (κ3) is 3.68. The highest BCUT2D eigenvalue weighted by Gasteiger charge is 2.41. The fraction of sp³-hybridized carbons (Fsp3) is 0.667. The molecule has 0 radical (unpaired) electrons. The van der Waals surface area contributed by atoms with Crippen molar-refractivity contribution in [3.05, 3.63) is 0 Å². The number of nitrogens with two attached hydrogens (primary N) is 1. The molecule has 0 aromatic rings. The molecule has 8 nitrogen and oxygen atoms in total. The van der Waals surface area contributed by atoms with E-state index in [4.69, 9.17) is 10.8 Å². The monoisotopic (exact) mass is 244 g/mol. The summed E-state index contributed by atoms with van der Waals surface area (Å²) in [5.74, 6) is -1.85. The first-order valence-electron chi connectivity index (χ1n) is 5.13. The Kier molecular flexibility index (Phi) is 4.02. The van der Waals surface area contributed by atoms with Gasteiger partial charge in [-0.25, -0.2) is 0 Å². The van der Waals surface area contributed by atoms with Crippen LogP contribution in [0.25, 0.3) is 0 Å². The lowest BCUT2D eigenvalue weighted by atomic mass is 10.0. The van der Waals surface area contributed by atoms with Crippen LogP contribution < -0.4 is 16.6 Å². The minimum absolute atomic E-state index is 0.00646. The Hall–Kier alpha value is -1.67. The van der Waals surface area contributed by atoms with E-state index in [0.717, 1.165) is 0 Å². The SMILES string of the molecule is CC(=O)NNC(=O)CN1CCC(N)(C(=O)O)C1. The zero-order chi connectivity index (χ0) is 13.1. The van der Waals surface area contributed by atoms with Crippen LogP contribution in [0, 0.1) is 0 Å². The molecule has 1 saturated heterocycles. The second-order valence-corrected chi connectivity index (χ2v) is 4.15. The number of hydrogen-bond donors (Lipinski definition) is 4. The number of carbonyl (C=O) groups is 3. The van der Waals surface area contributed by atoms with Crippen LogP contribution in [0.15, 0.2) is 0 Å². The zero-order valence-electron chi connectivity index (χ0n) is 9.52. The fourth-order valence-corrected chi connectivity index (χ4v) is 1.62. The van der Waals surface area contributed by atoms with E-state index in [1.54, 1.807) is 4.90 Å². The summed E-state index contributed by atoms with van der Waals surface area (Å²) in [6, 6.07) is 0. The predicted octanol–water partition coefficient (Wildman–Crippen LogP) is -2.36. The van der Waals surface area contributed by atoms with Gasteiger partial charge in [-0.05, 0) is 6.42 Å². The number of amides is 2. The van der Waals surface area contributed by atoms with Crippen LogP contribution in [-0.2, 0) is 14.4 Å². The molecule has 0 bridgehead atoms. The van der Waals surface area contributed by atoms with Gasteiger partial charge < -0.3 is 10.8 Å². The van der Waals surface area contributed by atoms with Crippen molar-refractivity contribution in [1.29, 1.82) is 0 Å². The van der Waals surface area contributed by atoms with Gasteiger partial charge in [-0.3, -0.25) is 30.1 Å². The molecule has 0 spiro atoms. The molecule has 1 aliphatic heterocycles. The van der Waals surface area contributed by atoms with Crippen molar-refractivity contribution >= 4 is 17.8 Å². The first kappa shape index (κ1) is 13.4. The van der Waals surface area contributed by atoms with E-state index in [0.29, 0.717) is 13.0 Å². The standard InChI is InChI=1S/C9H16N4O4/c1-6(14)11-12-7(15)4-13-3-2-9(10,5-13)8(16)17/h2-5,10H2,1H3,(H,11,14)(H,12,15)(H,16,17). The maximum atomic E-state index is 11.3. The normalized spacial score (nSPS) is 24.4. The number of hydrazine groups is 1. The quantitative estimate of drug-likeness (QED) is 0.412. The number of nitrogens with one attached hydrogen (secondary N) is 2. The Balaban J connectivity index is 2.37. The minimum Gasteiger partial charge on any atom is -0.480 e. The minimum atomic E-state index is -1.28. The van der Waals surface area contributed by atoms with Crippen molar-refractivity contribution in [2.75, 3.05) is 19.6 Å². The molecule has 96 valence electrons. The Labute approximate surface area is 98.1 Å². The van der Waals surface area contributed by atoms with Gasteiger partial charge in [0.1, 0.15) is 5.54 Å². The third-order valence-corrected chi connectivity index (χ3v) is 2.55. The number of rotatable bonds is 3. The molecule has 17 heavy (non-hydrogen) atoms. The van der Waals surface area contributed by atoms with Crippen molar-refractivity contribution in [3.8, 4) is 0 Å². The number of nitrogens with zero attached hydrogens (tertiary/aromatic N) is 1. The maximum Gasteiger partial charge on any atom is 0.325 e. The number of hydrogen-bond acceptors (Lipinski definition) is 5. The Morgan fingerprint density at radius 3 is 2.53 bits per heavy atom. The van der Waals surface area contributed by atoms with E-state index in [9.17, 15) is 14.4 Å². The van der Waals surface area contributed by atoms with Gasteiger partial charge in [-0.15, -0.1) is 0 Å². The van der Waals surface area contributed by atoms with Gasteiger partial charge in [0.15, 0.2) is 0 Å². The van der Waals surface area contributed by atoms with Gasteiger partial charge in [-0.1, -0.05) is 0 Å². The lowest BCUT2D eigenvalue weighted by molar-refractivity contribution is -0.143. The summed E-state index contributed by atoms with van der Waals surface area (Å²) < 4.78 is 0. The first-order valence-corrected chi connectivity index (χ1v) is 5.13. The average Bonchev–Trinajstić information content (AvgIpc) is 2.58. The molecule has 0 aliphatic carbocycles. The summed E-state index contributed by atoms with van der Waals surface area (Å²) in [4.78, 5) is 34.4. The van der Waals surface area contributed by atoms with E-state index in [1.807, 2.05) is 0 Å². The highest BCUT2D eigenvalue weighted by molar-refractivity contribution is 5.82. The van der Waals surface area contributed by atoms with Crippen LogP contribution in [0.2, 0.25) is 0 Å². The van der Waals surface area contributed by atoms with E-state index < -0.39 is 17.4 Å². The van der Waals surface area contributed by atoms with E-state index in [2.05, 4.69) is 10.9 Å². The molecular weight excluding hydrogens is 228 g/mol. The topological polar surface area (TPSA) is 125 Å².